The Bertz CT molecular complexity index is 523. The quantitative estimate of drug-likeness (QED) is 0.741. The number of carbonyl (C=O) groups is 2. The van der Waals surface area contributed by atoms with Gasteiger partial charge in [0, 0.05) is 12.5 Å². The molecule has 5 nitrogen and oxygen atoms in total. The lowest BCUT2D eigenvalue weighted by Gasteiger charge is -2.10. The summed E-state index contributed by atoms with van der Waals surface area (Å²) in [4.78, 5) is 23.1. The van der Waals surface area contributed by atoms with Gasteiger partial charge in [-0.1, -0.05) is 6.07 Å². The molecule has 1 N–H and O–H groups in total. The van der Waals surface area contributed by atoms with E-state index in [0.717, 1.165) is 18.4 Å². The molecule has 1 fully saturated rings. The first kappa shape index (κ1) is 15.4. The minimum atomic E-state index is -0.188. The summed E-state index contributed by atoms with van der Waals surface area (Å²) in [5, 5.41) is 2.78. The molecule has 1 aliphatic carbocycles. The van der Waals surface area contributed by atoms with Crippen molar-refractivity contribution in [1.82, 2.24) is 5.32 Å². The Balaban J connectivity index is 1.77. The van der Waals surface area contributed by atoms with Crippen LogP contribution in [-0.4, -0.2) is 32.5 Å². The molecule has 0 atom stereocenters. The number of rotatable bonds is 8. The van der Waals surface area contributed by atoms with Crippen LogP contribution in [-0.2, 0) is 16.0 Å². The molecule has 0 saturated heterocycles. The van der Waals surface area contributed by atoms with Crippen LogP contribution in [0.4, 0.5) is 0 Å². The lowest BCUT2D eigenvalue weighted by atomic mass is 10.1. The van der Waals surface area contributed by atoms with Crippen LogP contribution in [0, 0.1) is 5.92 Å². The van der Waals surface area contributed by atoms with Gasteiger partial charge < -0.3 is 14.8 Å². The maximum atomic E-state index is 11.6. The van der Waals surface area contributed by atoms with Crippen LogP contribution in [0.1, 0.15) is 24.8 Å². The molecule has 5 heteroatoms. The van der Waals surface area contributed by atoms with Crippen molar-refractivity contribution < 1.29 is 19.1 Å². The van der Waals surface area contributed by atoms with Gasteiger partial charge in [-0.25, -0.2) is 0 Å². The number of benzene rings is 1. The summed E-state index contributed by atoms with van der Waals surface area (Å²) < 4.78 is 10.4. The van der Waals surface area contributed by atoms with Crippen molar-refractivity contribution in [3.63, 3.8) is 0 Å². The fourth-order valence-corrected chi connectivity index (χ4v) is 2.15. The number of hydrogen-bond acceptors (Lipinski definition) is 4. The summed E-state index contributed by atoms with van der Waals surface area (Å²) in [6.45, 7) is 0.506. The van der Waals surface area contributed by atoms with Gasteiger partial charge in [-0.05, 0) is 37.0 Å². The highest BCUT2D eigenvalue weighted by Crippen LogP contribution is 2.30. The number of nitrogens with one attached hydrogen (secondary N) is 1. The molecule has 0 spiro atoms. The number of methoxy groups -OCH3 is 2. The molecule has 0 aromatic heterocycles. The number of ketones is 1. The monoisotopic (exact) mass is 291 g/mol. The highest BCUT2D eigenvalue weighted by molar-refractivity contribution is 5.99. The lowest BCUT2D eigenvalue weighted by molar-refractivity contribution is -0.128. The zero-order valence-electron chi connectivity index (χ0n) is 12.5. The second-order valence-electron chi connectivity index (χ2n) is 5.21. The van der Waals surface area contributed by atoms with Crippen molar-refractivity contribution in [2.45, 2.75) is 25.7 Å². The Morgan fingerprint density at radius 1 is 1.19 bits per heavy atom. The Labute approximate surface area is 124 Å². The van der Waals surface area contributed by atoms with E-state index in [2.05, 4.69) is 5.32 Å². The van der Waals surface area contributed by atoms with Gasteiger partial charge >= 0.3 is 0 Å². The topological polar surface area (TPSA) is 64.6 Å². The van der Waals surface area contributed by atoms with E-state index in [1.54, 1.807) is 14.2 Å². The number of hydrogen-bond donors (Lipinski definition) is 1. The van der Waals surface area contributed by atoms with Gasteiger partial charge in [0.25, 0.3) is 0 Å². The minimum absolute atomic E-state index is 0.0105. The van der Waals surface area contributed by atoms with Gasteiger partial charge in [-0.2, -0.15) is 0 Å². The standard InChI is InChI=1S/C16H21NO4/c1-20-14-6-3-11(9-15(14)21-2)7-8-17-16(19)10-13(18)12-4-5-12/h3,6,9,12H,4-5,7-8,10H2,1-2H3,(H,17,19). The van der Waals surface area contributed by atoms with E-state index in [-0.39, 0.29) is 24.0 Å². The summed E-state index contributed by atoms with van der Waals surface area (Å²) >= 11 is 0. The number of carbonyl (C=O) groups excluding carboxylic acids is 2. The zero-order chi connectivity index (χ0) is 15.2. The van der Waals surface area contributed by atoms with Crippen LogP contribution < -0.4 is 14.8 Å². The molecule has 1 amide bonds. The number of Topliss-reactive ketones (excluding diaryl/α,β-unsaturated/α-hetero) is 1. The molecule has 21 heavy (non-hydrogen) atoms. The van der Waals surface area contributed by atoms with Gasteiger partial charge in [-0.15, -0.1) is 0 Å². The van der Waals surface area contributed by atoms with E-state index < -0.39 is 0 Å². The third-order valence-corrected chi connectivity index (χ3v) is 3.55. The van der Waals surface area contributed by atoms with E-state index >= 15 is 0 Å². The van der Waals surface area contributed by atoms with Gasteiger partial charge in [0.15, 0.2) is 11.5 Å². The molecule has 2 rings (SSSR count). The van der Waals surface area contributed by atoms with E-state index in [4.69, 9.17) is 9.47 Å². The van der Waals surface area contributed by atoms with Crippen molar-refractivity contribution in [2.24, 2.45) is 5.92 Å². The smallest absolute Gasteiger partial charge is 0.227 e. The molecule has 1 saturated carbocycles. The highest BCUT2D eigenvalue weighted by atomic mass is 16.5. The minimum Gasteiger partial charge on any atom is -0.493 e. The fraction of sp³-hybridized carbons (Fsp3) is 0.500. The number of amides is 1. The summed E-state index contributed by atoms with van der Waals surface area (Å²) in [5.41, 5.74) is 1.04. The largest absolute Gasteiger partial charge is 0.493 e. The predicted octanol–water partition coefficient (Wildman–Crippen LogP) is 1.73. The molecule has 1 aromatic rings. The molecule has 0 unspecified atom stereocenters. The zero-order valence-corrected chi connectivity index (χ0v) is 12.5. The molecule has 0 heterocycles. The third-order valence-electron chi connectivity index (χ3n) is 3.55. The molecular formula is C16H21NO4. The maximum absolute atomic E-state index is 11.6. The Kier molecular flexibility index (Phi) is 5.20. The predicted molar refractivity (Wildman–Crippen MR) is 78.6 cm³/mol. The molecule has 0 bridgehead atoms. The van der Waals surface area contributed by atoms with Crippen molar-refractivity contribution in [3.8, 4) is 11.5 Å². The summed E-state index contributed by atoms with van der Waals surface area (Å²) in [7, 11) is 3.18. The van der Waals surface area contributed by atoms with Crippen LogP contribution in [0.5, 0.6) is 11.5 Å². The van der Waals surface area contributed by atoms with Gasteiger partial charge in [-0.3, -0.25) is 9.59 Å². The average molecular weight is 291 g/mol. The summed E-state index contributed by atoms with van der Waals surface area (Å²) in [6, 6.07) is 5.66. The van der Waals surface area contributed by atoms with Crippen LogP contribution in [0.25, 0.3) is 0 Å². The first-order valence-corrected chi connectivity index (χ1v) is 7.14. The van der Waals surface area contributed by atoms with Crippen molar-refractivity contribution >= 4 is 11.7 Å². The molecule has 1 aliphatic rings. The SMILES string of the molecule is COc1ccc(CCNC(=O)CC(=O)C2CC2)cc1OC. The van der Waals surface area contributed by atoms with Gasteiger partial charge in [0.05, 0.1) is 20.6 Å². The Hall–Kier alpha value is -2.04. The second-order valence-corrected chi connectivity index (χ2v) is 5.21. The van der Waals surface area contributed by atoms with E-state index in [1.807, 2.05) is 18.2 Å². The fourth-order valence-electron chi connectivity index (χ4n) is 2.15. The first-order chi connectivity index (χ1) is 10.1. The molecular weight excluding hydrogens is 270 g/mol. The highest BCUT2D eigenvalue weighted by Gasteiger charge is 2.30. The molecule has 1 aromatic carbocycles. The van der Waals surface area contributed by atoms with E-state index in [9.17, 15) is 9.59 Å². The van der Waals surface area contributed by atoms with Crippen LogP contribution >= 0.6 is 0 Å². The van der Waals surface area contributed by atoms with Crippen LogP contribution in [0.15, 0.2) is 18.2 Å². The third kappa shape index (κ3) is 4.48. The maximum Gasteiger partial charge on any atom is 0.227 e. The summed E-state index contributed by atoms with van der Waals surface area (Å²) in [5.74, 6) is 1.37. The molecule has 0 radical (unpaired) electrons. The second kappa shape index (κ2) is 7.11. The Morgan fingerprint density at radius 3 is 2.52 bits per heavy atom. The number of ether oxygens (including phenoxy) is 2. The van der Waals surface area contributed by atoms with Gasteiger partial charge in [0.2, 0.25) is 5.91 Å². The molecule has 0 aliphatic heterocycles. The summed E-state index contributed by atoms with van der Waals surface area (Å²) in [6.07, 6.45) is 2.58. The van der Waals surface area contributed by atoms with Crippen molar-refractivity contribution in [2.75, 3.05) is 20.8 Å². The normalized spacial score (nSPS) is 13.6. The van der Waals surface area contributed by atoms with Crippen LogP contribution in [0.2, 0.25) is 0 Å². The van der Waals surface area contributed by atoms with Crippen molar-refractivity contribution in [1.29, 1.82) is 0 Å². The van der Waals surface area contributed by atoms with E-state index in [0.29, 0.717) is 24.5 Å². The van der Waals surface area contributed by atoms with E-state index in [1.165, 1.54) is 0 Å². The van der Waals surface area contributed by atoms with Crippen molar-refractivity contribution in [3.05, 3.63) is 23.8 Å². The Morgan fingerprint density at radius 2 is 1.90 bits per heavy atom. The molecule has 114 valence electrons. The lowest BCUT2D eigenvalue weighted by Crippen LogP contribution is -2.28. The van der Waals surface area contributed by atoms with Gasteiger partial charge in [0.1, 0.15) is 5.78 Å². The van der Waals surface area contributed by atoms with Crippen LogP contribution in [0.3, 0.4) is 0 Å². The average Bonchev–Trinajstić information content (AvgIpc) is 3.31. The first-order valence-electron chi connectivity index (χ1n) is 7.14.